The van der Waals surface area contributed by atoms with Crippen molar-refractivity contribution < 1.29 is 19.4 Å². The molecule has 6 nitrogen and oxygen atoms in total. The van der Waals surface area contributed by atoms with Gasteiger partial charge in [0.2, 0.25) is 5.91 Å². The molecule has 3 aromatic carbocycles. The van der Waals surface area contributed by atoms with E-state index < -0.39 is 5.97 Å². The maximum atomic E-state index is 12.2. The first-order chi connectivity index (χ1) is 18.5. The number of anilines is 1. The minimum atomic E-state index is -0.617. The summed E-state index contributed by atoms with van der Waals surface area (Å²) in [5.74, 6) is 0.459. The summed E-state index contributed by atoms with van der Waals surface area (Å²) < 4.78 is 5.08. The fourth-order valence-corrected chi connectivity index (χ4v) is 6.54. The number of carbonyl (C=O) groups excluding carboxylic acids is 2. The fourth-order valence-electron chi connectivity index (χ4n) is 6.54. The van der Waals surface area contributed by atoms with Crippen LogP contribution in [0.2, 0.25) is 0 Å². The van der Waals surface area contributed by atoms with Crippen LogP contribution in [0, 0.1) is 11.3 Å². The quantitative estimate of drug-likeness (QED) is 0.203. The van der Waals surface area contributed by atoms with Crippen molar-refractivity contribution in [1.29, 1.82) is 0 Å². The molecule has 0 bridgehead atoms. The maximum absolute atomic E-state index is 12.2. The topological polar surface area (TPSA) is 116 Å². The lowest BCUT2D eigenvalue weighted by Crippen LogP contribution is -2.54. The number of rotatable bonds is 4. The molecule has 0 aliphatic heterocycles. The van der Waals surface area contributed by atoms with Crippen molar-refractivity contribution in [2.45, 2.75) is 71.1 Å². The third-order valence-corrected chi connectivity index (χ3v) is 8.80. The molecule has 6 heteroatoms. The Labute approximate surface area is 231 Å². The molecule has 3 atom stereocenters. The molecule has 0 aromatic heterocycles. The van der Waals surface area contributed by atoms with Crippen molar-refractivity contribution in [3.05, 3.63) is 89.0 Å². The Bertz CT molecular complexity index is 1350. The van der Waals surface area contributed by atoms with E-state index in [0.717, 1.165) is 25.7 Å². The van der Waals surface area contributed by atoms with Gasteiger partial charge in [-0.05, 0) is 83.9 Å². The number of aromatic hydroxyl groups is 1. The van der Waals surface area contributed by atoms with Crippen molar-refractivity contribution in [3.8, 4) is 11.5 Å². The van der Waals surface area contributed by atoms with Gasteiger partial charge >= 0.3 is 5.97 Å². The number of amides is 1. The van der Waals surface area contributed by atoms with Crippen molar-refractivity contribution in [3.63, 3.8) is 0 Å². The lowest BCUT2D eigenvalue weighted by molar-refractivity contribution is -0.135. The van der Waals surface area contributed by atoms with Crippen LogP contribution in [-0.4, -0.2) is 17.0 Å². The van der Waals surface area contributed by atoms with Crippen LogP contribution in [0.3, 0.4) is 0 Å². The van der Waals surface area contributed by atoms with E-state index in [0.29, 0.717) is 23.3 Å². The third kappa shape index (κ3) is 5.65. The summed E-state index contributed by atoms with van der Waals surface area (Å²) in [6.07, 6.45) is 5.39. The average Bonchev–Trinajstić information content (AvgIpc) is 2.89. The van der Waals surface area contributed by atoms with Gasteiger partial charge in [-0.25, -0.2) is 4.79 Å². The molecule has 3 unspecified atom stereocenters. The standard InChI is InChI=1S/C20H29NO.C13H11NO3/c1-13(2)14-6-8-16-15(12-14)7-9-17-19(16,3)10-5-11-20(17,4)18(21)22;14-9-6-7-11(12(15)8-9)13(16)17-10-4-2-1-3-5-10/h6,8,12-13,17H,5,7,9-11H2,1-4H3,(H2,21,22);1-8,15H,14H2. The highest BCUT2D eigenvalue weighted by Crippen LogP contribution is 2.57. The van der Waals surface area contributed by atoms with Crippen LogP contribution in [0.1, 0.15) is 86.3 Å². The maximum Gasteiger partial charge on any atom is 0.347 e. The number of aryl methyl sites for hydroxylation is 1. The predicted molar refractivity (Wildman–Crippen MR) is 155 cm³/mol. The van der Waals surface area contributed by atoms with Gasteiger partial charge in [-0.15, -0.1) is 0 Å². The van der Waals surface area contributed by atoms with E-state index >= 15 is 0 Å². The molecule has 39 heavy (non-hydrogen) atoms. The number of fused-ring (bicyclic) bond motifs is 3. The van der Waals surface area contributed by atoms with Gasteiger partial charge in [0.1, 0.15) is 17.1 Å². The van der Waals surface area contributed by atoms with Crippen molar-refractivity contribution >= 4 is 17.6 Å². The fraction of sp³-hybridized carbons (Fsp3) is 0.394. The molecule has 1 amide bonds. The molecule has 0 spiro atoms. The second-order valence-corrected chi connectivity index (χ2v) is 11.7. The first-order valence-electron chi connectivity index (χ1n) is 13.7. The Balaban J connectivity index is 0.000000187. The molecule has 206 valence electrons. The molecule has 1 fully saturated rings. The number of nitrogens with two attached hydrogens (primary N) is 2. The number of hydrogen-bond donors (Lipinski definition) is 3. The first-order valence-corrected chi connectivity index (χ1v) is 13.7. The highest BCUT2D eigenvalue weighted by molar-refractivity contribution is 5.94. The van der Waals surface area contributed by atoms with E-state index in [9.17, 15) is 14.7 Å². The van der Waals surface area contributed by atoms with Crippen molar-refractivity contribution in [1.82, 2.24) is 0 Å². The summed E-state index contributed by atoms with van der Waals surface area (Å²) in [6.45, 7) is 8.97. The normalized spacial score (nSPS) is 23.6. The summed E-state index contributed by atoms with van der Waals surface area (Å²) in [5, 5.41) is 9.56. The van der Waals surface area contributed by atoms with Gasteiger partial charge in [0, 0.05) is 17.2 Å². The zero-order valence-corrected chi connectivity index (χ0v) is 23.4. The number of phenols is 1. The Morgan fingerprint density at radius 1 is 1.00 bits per heavy atom. The molecule has 1 saturated carbocycles. The minimum Gasteiger partial charge on any atom is -0.507 e. The molecule has 0 radical (unpaired) electrons. The molecule has 0 saturated heterocycles. The van der Waals surface area contributed by atoms with Crippen LogP contribution in [0.15, 0.2) is 66.7 Å². The Kier molecular flexibility index (Phi) is 8.05. The summed E-state index contributed by atoms with van der Waals surface area (Å²) >= 11 is 0. The highest BCUT2D eigenvalue weighted by Gasteiger charge is 2.54. The molecular formula is C33H40N2O4. The predicted octanol–water partition coefficient (Wildman–Crippen LogP) is 6.50. The summed E-state index contributed by atoms with van der Waals surface area (Å²) in [6, 6.07) is 19.9. The van der Waals surface area contributed by atoms with E-state index in [-0.39, 0.29) is 28.1 Å². The average molecular weight is 529 g/mol. The van der Waals surface area contributed by atoms with Gasteiger partial charge < -0.3 is 21.3 Å². The summed E-state index contributed by atoms with van der Waals surface area (Å²) in [7, 11) is 0. The molecular weight excluding hydrogens is 488 g/mol. The Morgan fingerprint density at radius 3 is 2.36 bits per heavy atom. The van der Waals surface area contributed by atoms with Gasteiger partial charge in [0.05, 0.1) is 0 Å². The minimum absolute atomic E-state index is 0.0862. The van der Waals surface area contributed by atoms with Gasteiger partial charge in [-0.2, -0.15) is 0 Å². The van der Waals surface area contributed by atoms with Crippen LogP contribution in [0.4, 0.5) is 5.69 Å². The molecule has 5 rings (SSSR count). The smallest absolute Gasteiger partial charge is 0.347 e. The number of carbonyl (C=O) groups is 2. The van der Waals surface area contributed by atoms with E-state index in [1.54, 1.807) is 24.3 Å². The van der Waals surface area contributed by atoms with Crippen LogP contribution in [0.5, 0.6) is 11.5 Å². The molecule has 5 N–H and O–H groups in total. The Hall–Kier alpha value is -3.80. The van der Waals surface area contributed by atoms with Gasteiger partial charge in [0.25, 0.3) is 0 Å². The Morgan fingerprint density at radius 2 is 1.72 bits per heavy atom. The lowest BCUT2D eigenvalue weighted by atomic mass is 9.49. The number of nitrogen functional groups attached to an aromatic ring is 1. The highest BCUT2D eigenvalue weighted by atomic mass is 16.5. The van der Waals surface area contributed by atoms with Gasteiger partial charge in [-0.3, -0.25) is 4.79 Å². The van der Waals surface area contributed by atoms with E-state index in [2.05, 4.69) is 45.9 Å². The molecule has 2 aliphatic carbocycles. The van der Waals surface area contributed by atoms with Crippen molar-refractivity contribution in [2.24, 2.45) is 17.1 Å². The third-order valence-electron chi connectivity index (χ3n) is 8.80. The largest absolute Gasteiger partial charge is 0.507 e. The van der Waals surface area contributed by atoms with Crippen LogP contribution in [0.25, 0.3) is 0 Å². The number of ether oxygens (including phenoxy) is 1. The zero-order valence-electron chi connectivity index (χ0n) is 23.4. The van der Waals surface area contributed by atoms with Crippen LogP contribution in [-0.2, 0) is 16.6 Å². The molecule has 2 aliphatic rings. The second kappa shape index (κ2) is 11.1. The number of phenolic OH excluding ortho intramolecular Hbond substituents is 1. The second-order valence-electron chi connectivity index (χ2n) is 11.7. The lowest BCUT2D eigenvalue weighted by Gasteiger charge is -2.54. The monoisotopic (exact) mass is 528 g/mol. The SMILES string of the molecule is CC(C)c1ccc2c(c1)CCC1C(C)(C(N)=O)CCCC21C.Nc1ccc(C(=O)Oc2ccccc2)c(O)c1. The van der Waals surface area contributed by atoms with Gasteiger partial charge in [0.15, 0.2) is 0 Å². The van der Waals surface area contributed by atoms with Crippen LogP contribution >= 0.6 is 0 Å². The van der Waals surface area contributed by atoms with Gasteiger partial charge in [-0.1, -0.05) is 70.5 Å². The number of para-hydroxylation sites is 1. The van der Waals surface area contributed by atoms with E-state index in [4.69, 9.17) is 16.2 Å². The van der Waals surface area contributed by atoms with E-state index in [1.165, 1.54) is 41.3 Å². The number of esters is 1. The van der Waals surface area contributed by atoms with Crippen molar-refractivity contribution in [2.75, 3.05) is 5.73 Å². The van der Waals surface area contributed by atoms with Crippen LogP contribution < -0.4 is 16.2 Å². The first kappa shape index (κ1) is 28.2. The summed E-state index contributed by atoms with van der Waals surface area (Å²) in [5.41, 5.74) is 15.9. The number of benzene rings is 3. The molecule has 3 aromatic rings. The number of hydrogen-bond acceptors (Lipinski definition) is 5. The zero-order chi connectivity index (χ0) is 28.4. The number of primary amides is 1. The summed E-state index contributed by atoms with van der Waals surface area (Å²) in [4.78, 5) is 23.9. The van der Waals surface area contributed by atoms with E-state index in [1.807, 2.05) is 6.07 Å². The molecule has 0 heterocycles.